The summed E-state index contributed by atoms with van der Waals surface area (Å²) in [6.45, 7) is 4.10. The van der Waals surface area contributed by atoms with Gasteiger partial charge >= 0.3 is 0 Å². The molecular formula is C23H28N4O3. The summed E-state index contributed by atoms with van der Waals surface area (Å²) in [5.41, 5.74) is 10.9. The summed E-state index contributed by atoms with van der Waals surface area (Å²) in [5, 5.41) is 11.5. The highest BCUT2D eigenvalue weighted by molar-refractivity contribution is 6.10. The fraction of sp³-hybridized carbons (Fsp3) is 0.435. The quantitative estimate of drug-likeness (QED) is 0.811. The molecule has 0 unspecified atom stereocenters. The molecule has 0 aliphatic carbocycles. The molecule has 0 bridgehead atoms. The maximum Gasteiger partial charge on any atom is 0.219 e. The van der Waals surface area contributed by atoms with Crippen molar-refractivity contribution in [1.29, 1.82) is 0 Å². The lowest BCUT2D eigenvalue weighted by atomic mass is 9.93. The predicted molar refractivity (Wildman–Crippen MR) is 117 cm³/mol. The van der Waals surface area contributed by atoms with Gasteiger partial charge in [0.1, 0.15) is 0 Å². The molecule has 2 aromatic rings. The van der Waals surface area contributed by atoms with Gasteiger partial charge in [0.15, 0.2) is 0 Å². The fourth-order valence-electron chi connectivity index (χ4n) is 4.23. The second kappa shape index (κ2) is 8.93. The average molecular weight is 409 g/mol. The Hall–Kier alpha value is -2.77. The van der Waals surface area contributed by atoms with E-state index >= 15 is 0 Å². The van der Waals surface area contributed by atoms with Gasteiger partial charge in [-0.2, -0.15) is 0 Å². The van der Waals surface area contributed by atoms with Crippen LogP contribution in [0, 0.1) is 0 Å². The van der Waals surface area contributed by atoms with Gasteiger partial charge in [-0.3, -0.25) is 14.8 Å². The highest BCUT2D eigenvalue weighted by Gasteiger charge is 2.26. The van der Waals surface area contributed by atoms with Crippen molar-refractivity contribution < 1.29 is 14.6 Å². The number of hydrogen-bond acceptors (Lipinski definition) is 6. The number of pyridine rings is 1. The van der Waals surface area contributed by atoms with E-state index in [0.717, 1.165) is 59.2 Å². The van der Waals surface area contributed by atoms with Crippen molar-refractivity contribution in [3.8, 4) is 0 Å². The van der Waals surface area contributed by atoms with Crippen LogP contribution in [-0.4, -0.2) is 59.0 Å². The first-order valence-corrected chi connectivity index (χ1v) is 10.4. The predicted octanol–water partition coefficient (Wildman–Crippen LogP) is 2.27. The molecule has 0 spiro atoms. The topological polar surface area (TPSA) is 101 Å². The third kappa shape index (κ3) is 4.08. The summed E-state index contributed by atoms with van der Waals surface area (Å²) in [7, 11) is 0. The van der Waals surface area contributed by atoms with Crippen molar-refractivity contribution in [2.75, 3.05) is 26.3 Å². The van der Waals surface area contributed by atoms with Gasteiger partial charge in [0.05, 0.1) is 12.6 Å². The van der Waals surface area contributed by atoms with Crippen LogP contribution in [0.2, 0.25) is 0 Å². The zero-order valence-electron chi connectivity index (χ0n) is 17.3. The van der Waals surface area contributed by atoms with Crippen LogP contribution in [0.5, 0.6) is 0 Å². The molecule has 3 N–H and O–H groups in total. The van der Waals surface area contributed by atoms with Crippen molar-refractivity contribution in [3.05, 3.63) is 47.3 Å². The Morgan fingerprint density at radius 1 is 1.30 bits per heavy atom. The van der Waals surface area contributed by atoms with Crippen LogP contribution in [0.4, 0.5) is 0 Å². The summed E-state index contributed by atoms with van der Waals surface area (Å²) < 4.78 is 5.46. The number of carbonyl (C=O) groups excluding carboxylic acids is 1. The van der Waals surface area contributed by atoms with Crippen molar-refractivity contribution in [2.24, 2.45) is 10.7 Å². The normalized spacial score (nSPS) is 21.3. The second-order valence-electron chi connectivity index (χ2n) is 7.85. The summed E-state index contributed by atoms with van der Waals surface area (Å²) in [6.07, 6.45) is 6.00. The third-order valence-corrected chi connectivity index (χ3v) is 5.98. The maximum atomic E-state index is 12.1. The minimum absolute atomic E-state index is 0.0348. The lowest BCUT2D eigenvalue weighted by molar-refractivity contribution is -0.128. The highest BCUT2D eigenvalue weighted by Crippen LogP contribution is 2.29. The summed E-state index contributed by atoms with van der Waals surface area (Å²) >= 11 is 0. The molecule has 0 radical (unpaired) electrons. The van der Waals surface area contributed by atoms with E-state index in [4.69, 9.17) is 15.5 Å². The molecule has 1 amide bonds. The minimum atomic E-state index is -0.0498. The highest BCUT2D eigenvalue weighted by atomic mass is 16.5. The average Bonchev–Trinajstić information content (AvgIpc) is 2.78. The van der Waals surface area contributed by atoms with Crippen molar-refractivity contribution in [2.45, 2.75) is 38.8 Å². The Bertz CT molecular complexity index is 1010. The van der Waals surface area contributed by atoms with Crippen LogP contribution in [0.15, 0.2) is 41.2 Å². The Kier molecular flexibility index (Phi) is 6.11. The first-order valence-electron chi connectivity index (χ1n) is 10.4. The van der Waals surface area contributed by atoms with Gasteiger partial charge in [-0.25, -0.2) is 0 Å². The number of nitrogens with zero attached hydrogens (tertiary/aromatic N) is 3. The molecule has 2 saturated heterocycles. The van der Waals surface area contributed by atoms with Crippen molar-refractivity contribution >= 4 is 28.1 Å². The number of aromatic nitrogens is 1. The molecule has 2 aliphatic rings. The number of likely N-dealkylation sites (tertiary alicyclic amines) is 1. The molecule has 1 aromatic carbocycles. The Morgan fingerprint density at radius 3 is 2.83 bits per heavy atom. The van der Waals surface area contributed by atoms with Crippen LogP contribution in [0.1, 0.15) is 37.3 Å². The molecule has 158 valence electrons. The molecule has 7 nitrogen and oxygen atoms in total. The lowest BCUT2D eigenvalue weighted by Crippen LogP contribution is -2.40. The molecule has 3 heterocycles. The van der Waals surface area contributed by atoms with E-state index in [1.807, 2.05) is 23.1 Å². The molecule has 4 rings (SSSR count). The van der Waals surface area contributed by atoms with E-state index in [1.54, 1.807) is 19.3 Å². The van der Waals surface area contributed by atoms with E-state index in [1.165, 1.54) is 0 Å². The van der Waals surface area contributed by atoms with Crippen LogP contribution < -0.4 is 5.73 Å². The van der Waals surface area contributed by atoms with Gasteiger partial charge in [0.25, 0.3) is 0 Å². The number of piperidine rings is 1. The number of benzene rings is 1. The van der Waals surface area contributed by atoms with E-state index in [2.05, 4.69) is 4.98 Å². The Balaban J connectivity index is 1.82. The number of hydrogen-bond donors (Lipinski definition) is 2. The van der Waals surface area contributed by atoms with Gasteiger partial charge in [-0.05, 0) is 29.9 Å². The van der Waals surface area contributed by atoms with Gasteiger partial charge < -0.3 is 20.5 Å². The number of carbonyl (C=O) groups is 1. The molecule has 0 saturated carbocycles. The van der Waals surface area contributed by atoms with Gasteiger partial charge in [0, 0.05) is 80.0 Å². The number of nitrogens with two attached hydrogens (primary N) is 1. The summed E-state index contributed by atoms with van der Waals surface area (Å²) in [4.78, 5) is 23.2. The number of ether oxygens (including phenoxy) is 1. The van der Waals surface area contributed by atoms with Gasteiger partial charge in [-0.1, -0.05) is 12.1 Å². The van der Waals surface area contributed by atoms with E-state index in [-0.39, 0.29) is 18.6 Å². The monoisotopic (exact) mass is 408 g/mol. The Labute approximate surface area is 176 Å². The van der Waals surface area contributed by atoms with Crippen LogP contribution in [0.3, 0.4) is 0 Å². The molecule has 0 atom stereocenters. The zero-order chi connectivity index (χ0) is 21.1. The number of aliphatic imine (C=N–C) groups is 1. The van der Waals surface area contributed by atoms with E-state index in [9.17, 15) is 9.90 Å². The molecule has 1 aromatic heterocycles. The van der Waals surface area contributed by atoms with Crippen molar-refractivity contribution in [3.63, 3.8) is 0 Å². The van der Waals surface area contributed by atoms with E-state index in [0.29, 0.717) is 25.2 Å². The largest absolute Gasteiger partial charge is 0.398 e. The number of aliphatic hydroxyl groups excluding tert-OH is 1. The number of aliphatic hydroxyl groups is 1. The van der Waals surface area contributed by atoms with Crippen LogP contribution in [0.25, 0.3) is 16.5 Å². The fourth-order valence-corrected chi connectivity index (χ4v) is 4.23. The van der Waals surface area contributed by atoms with Crippen LogP contribution >= 0.6 is 0 Å². The first-order chi connectivity index (χ1) is 14.6. The number of amides is 1. The SMILES string of the molecule is CC(=O)N1CCC(=NC2CCOCC2)C(=C(N)c2ccc(CO)c3ccncc23)C1. The van der Waals surface area contributed by atoms with Crippen molar-refractivity contribution in [1.82, 2.24) is 9.88 Å². The Morgan fingerprint density at radius 2 is 2.10 bits per heavy atom. The van der Waals surface area contributed by atoms with Gasteiger partial charge in [0.2, 0.25) is 5.91 Å². The molecule has 2 fully saturated rings. The molecule has 30 heavy (non-hydrogen) atoms. The maximum absolute atomic E-state index is 12.1. The number of rotatable bonds is 3. The first kappa shape index (κ1) is 20.5. The second-order valence-corrected chi connectivity index (χ2v) is 7.85. The molecule has 7 heteroatoms. The summed E-state index contributed by atoms with van der Waals surface area (Å²) in [5.74, 6) is 0.0348. The molecular weight excluding hydrogens is 380 g/mol. The standard InChI is InChI=1S/C23H28N4O3/c1-15(29)27-9-5-22(26-17-6-10-30-11-7-17)21(13-27)23(24)19-3-2-16(14-28)18-4-8-25-12-20(18)19/h2-4,8,12,17,28H,5-7,9-11,13-14,24H2,1H3. The lowest BCUT2D eigenvalue weighted by Gasteiger charge is -2.31. The van der Waals surface area contributed by atoms with E-state index < -0.39 is 0 Å². The smallest absolute Gasteiger partial charge is 0.219 e. The third-order valence-electron chi connectivity index (χ3n) is 5.98. The van der Waals surface area contributed by atoms with Gasteiger partial charge in [-0.15, -0.1) is 0 Å². The van der Waals surface area contributed by atoms with Crippen LogP contribution in [-0.2, 0) is 16.1 Å². The minimum Gasteiger partial charge on any atom is -0.398 e. The zero-order valence-corrected chi connectivity index (χ0v) is 17.3. The molecule has 2 aliphatic heterocycles. The number of fused-ring (bicyclic) bond motifs is 1. The summed E-state index contributed by atoms with van der Waals surface area (Å²) in [6, 6.07) is 5.95.